The maximum Gasteiger partial charge on any atom is 0.261 e. The number of hydrogen-bond donors (Lipinski definition) is 1. The van der Waals surface area contributed by atoms with Crippen LogP contribution in [0.3, 0.4) is 0 Å². The molecule has 0 radical (unpaired) electrons. The minimum absolute atomic E-state index is 0.0122. The highest BCUT2D eigenvalue weighted by Gasteiger charge is 2.50. The maximum absolute atomic E-state index is 9.66. The zero-order valence-electron chi connectivity index (χ0n) is 21.8. The van der Waals surface area contributed by atoms with Crippen LogP contribution in [-0.4, -0.2) is 44.9 Å². The largest absolute Gasteiger partial charge is 0.405 e. The van der Waals surface area contributed by atoms with Crippen molar-refractivity contribution in [2.24, 2.45) is 0 Å². The Morgan fingerprint density at radius 2 is 1.42 bits per heavy atom. The van der Waals surface area contributed by atoms with Crippen LogP contribution in [0.4, 0.5) is 0 Å². The van der Waals surface area contributed by atoms with Gasteiger partial charge >= 0.3 is 0 Å². The van der Waals surface area contributed by atoms with Crippen LogP contribution in [0.5, 0.6) is 0 Å². The third-order valence-corrected chi connectivity index (χ3v) is 12.2. The fourth-order valence-corrected chi connectivity index (χ4v) is 9.98. The van der Waals surface area contributed by atoms with Gasteiger partial charge in [-0.25, -0.2) is 0 Å². The molecule has 0 unspecified atom stereocenters. The van der Waals surface area contributed by atoms with Gasteiger partial charge in [-0.1, -0.05) is 112 Å². The van der Waals surface area contributed by atoms with Gasteiger partial charge in [-0.2, -0.15) is 0 Å². The monoisotopic (exact) mass is 504 g/mol. The lowest BCUT2D eigenvalue weighted by Crippen LogP contribution is -2.67. The highest BCUT2D eigenvalue weighted by molar-refractivity contribution is 6.99. The molecule has 0 spiro atoms. The number of rotatable bonds is 11. The molecule has 4 nitrogen and oxygen atoms in total. The van der Waals surface area contributed by atoms with Crippen LogP contribution in [0, 0.1) is 0 Å². The summed E-state index contributed by atoms with van der Waals surface area (Å²) in [6.07, 6.45) is 2.26. The highest BCUT2D eigenvalue weighted by atomic mass is 28.4. The lowest BCUT2D eigenvalue weighted by atomic mass is 10.1. The van der Waals surface area contributed by atoms with E-state index in [0.717, 1.165) is 18.4 Å². The number of hydrogen-bond acceptors (Lipinski definition) is 4. The molecule has 0 amide bonds. The van der Waals surface area contributed by atoms with Crippen LogP contribution in [0.2, 0.25) is 5.04 Å². The van der Waals surface area contributed by atoms with E-state index in [-0.39, 0.29) is 30.0 Å². The van der Waals surface area contributed by atoms with E-state index < -0.39 is 8.32 Å². The van der Waals surface area contributed by atoms with E-state index in [0.29, 0.717) is 19.6 Å². The first-order valence-corrected chi connectivity index (χ1v) is 15.0. The summed E-state index contributed by atoms with van der Waals surface area (Å²) in [5, 5.41) is 12.2. The molecule has 1 aliphatic heterocycles. The van der Waals surface area contributed by atoms with E-state index in [2.05, 4.69) is 93.6 Å². The van der Waals surface area contributed by atoms with E-state index in [1.165, 1.54) is 10.4 Å². The Labute approximate surface area is 217 Å². The van der Waals surface area contributed by atoms with Crippen molar-refractivity contribution in [3.8, 4) is 0 Å². The lowest BCUT2D eigenvalue weighted by molar-refractivity contribution is -0.0888. The molecule has 3 aromatic rings. The van der Waals surface area contributed by atoms with Gasteiger partial charge in [0, 0.05) is 6.61 Å². The third-order valence-electron chi connectivity index (χ3n) is 7.18. The number of ether oxygens (including phenoxy) is 2. The number of benzene rings is 3. The summed E-state index contributed by atoms with van der Waals surface area (Å²) >= 11 is 0. The summed E-state index contributed by atoms with van der Waals surface area (Å²) in [5.74, 6) is 0. The Morgan fingerprint density at radius 1 is 0.861 bits per heavy atom. The topological polar surface area (TPSA) is 47.9 Å². The average molecular weight is 505 g/mol. The fourth-order valence-electron chi connectivity index (χ4n) is 5.39. The molecular weight excluding hydrogens is 464 g/mol. The molecule has 36 heavy (non-hydrogen) atoms. The smallest absolute Gasteiger partial charge is 0.261 e. The van der Waals surface area contributed by atoms with E-state index in [1.54, 1.807) is 0 Å². The van der Waals surface area contributed by atoms with Gasteiger partial charge in [0.2, 0.25) is 0 Å². The molecule has 0 aromatic heterocycles. The average Bonchev–Trinajstić information content (AvgIpc) is 3.37. The second-order valence-corrected chi connectivity index (χ2v) is 15.0. The van der Waals surface area contributed by atoms with Gasteiger partial charge < -0.3 is 19.0 Å². The molecular formula is C31H40O4Si. The summed E-state index contributed by atoms with van der Waals surface area (Å²) in [4.78, 5) is 0. The quantitative estimate of drug-likeness (QED) is 0.370. The van der Waals surface area contributed by atoms with Crippen LogP contribution >= 0.6 is 0 Å². The van der Waals surface area contributed by atoms with Crippen molar-refractivity contribution in [2.75, 3.05) is 13.2 Å². The molecule has 1 aliphatic rings. The molecule has 1 N–H and O–H groups in total. The van der Waals surface area contributed by atoms with Crippen LogP contribution in [0.1, 0.15) is 45.6 Å². The van der Waals surface area contributed by atoms with Crippen molar-refractivity contribution in [1.29, 1.82) is 0 Å². The van der Waals surface area contributed by atoms with Crippen LogP contribution < -0.4 is 10.4 Å². The van der Waals surface area contributed by atoms with Gasteiger partial charge in [0.1, 0.15) is 0 Å². The van der Waals surface area contributed by atoms with Gasteiger partial charge in [-0.05, 0) is 40.2 Å². The molecule has 0 aliphatic carbocycles. The lowest BCUT2D eigenvalue weighted by Gasteiger charge is -2.43. The van der Waals surface area contributed by atoms with Gasteiger partial charge in [0.15, 0.2) is 0 Å². The first kappa shape index (κ1) is 26.8. The highest BCUT2D eigenvalue weighted by Crippen LogP contribution is 2.37. The maximum atomic E-state index is 9.66. The van der Waals surface area contributed by atoms with Crippen molar-refractivity contribution in [1.82, 2.24) is 0 Å². The van der Waals surface area contributed by atoms with Crippen LogP contribution in [-0.2, 0) is 20.5 Å². The zero-order chi connectivity index (χ0) is 25.4. The minimum Gasteiger partial charge on any atom is -0.405 e. The normalized spacial score (nSPS) is 19.3. The summed E-state index contributed by atoms with van der Waals surface area (Å²) < 4.78 is 19.8. The summed E-state index contributed by atoms with van der Waals surface area (Å²) in [5.41, 5.74) is 1.13. The first-order chi connectivity index (χ1) is 17.4. The Hall–Kier alpha value is -2.28. The Balaban J connectivity index is 1.48. The Morgan fingerprint density at radius 3 is 1.94 bits per heavy atom. The van der Waals surface area contributed by atoms with E-state index >= 15 is 0 Å². The molecule has 0 saturated carbocycles. The van der Waals surface area contributed by atoms with Gasteiger partial charge in [0.05, 0.1) is 31.5 Å². The van der Waals surface area contributed by atoms with E-state index in [1.807, 2.05) is 18.2 Å². The van der Waals surface area contributed by atoms with Gasteiger partial charge in [-0.3, -0.25) is 0 Å². The van der Waals surface area contributed by atoms with E-state index in [4.69, 9.17) is 13.9 Å². The van der Waals surface area contributed by atoms with Crippen LogP contribution in [0.25, 0.3) is 0 Å². The predicted octanol–water partition coefficient (Wildman–Crippen LogP) is 5.08. The van der Waals surface area contributed by atoms with Crippen molar-refractivity contribution in [3.05, 3.63) is 96.6 Å². The summed E-state index contributed by atoms with van der Waals surface area (Å²) in [7, 11) is -2.59. The minimum atomic E-state index is -2.59. The molecule has 1 saturated heterocycles. The molecule has 4 rings (SSSR count). The molecule has 3 atom stereocenters. The summed E-state index contributed by atoms with van der Waals surface area (Å²) in [6.45, 7) is 8.05. The van der Waals surface area contributed by atoms with Crippen molar-refractivity contribution >= 4 is 18.7 Å². The molecule has 192 valence electrons. The summed E-state index contributed by atoms with van der Waals surface area (Å²) in [6, 6.07) is 31.6. The second kappa shape index (κ2) is 12.3. The third kappa shape index (κ3) is 6.16. The van der Waals surface area contributed by atoms with E-state index in [9.17, 15) is 5.11 Å². The van der Waals surface area contributed by atoms with Crippen molar-refractivity contribution in [2.45, 2.75) is 70.0 Å². The van der Waals surface area contributed by atoms with Crippen molar-refractivity contribution in [3.63, 3.8) is 0 Å². The molecule has 1 fully saturated rings. The zero-order valence-corrected chi connectivity index (χ0v) is 22.8. The second-order valence-electron chi connectivity index (χ2n) is 10.7. The number of aliphatic hydroxyl groups excluding tert-OH is 1. The molecule has 0 bridgehead atoms. The van der Waals surface area contributed by atoms with Gasteiger partial charge in [-0.15, -0.1) is 0 Å². The van der Waals surface area contributed by atoms with Crippen molar-refractivity contribution < 1.29 is 19.0 Å². The predicted molar refractivity (Wildman–Crippen MR) is 148 cm³/mol. The number of aliphatic hydroxyl groups is 1. The Bertz CT molecular complexity index is 997. The molecule has 5 heteroatoms. The first-order valence-electron chi connectivity index (χ1n) is 13.1. The molecule has 3 aromatic carbocycles. The Kier molecular flexibility index (Phi) is 9.15. The fraction of sp³-hybridized carbons (Fsp3) is 0.419. The SMILES string of the molecule is CC(C)(C)[Si](OC[C@@H]1CC[C@@H]([C@H](CCO)OCc2ccccc2)O1)(c1ccccc1)c1ccccc1. The van der Waals surface area contributed by atoms with Gasteiger partial charge in [0.25, 0.3) is 8.32 Å². The standard InChI is InChI=1S/C31H40O4Si/c1-31(2,3)36(27-15-9-5-10-16-27,28-17-11-6-12-18-28)34-24-26-19-20-30(35-26)29(21-22-32)33-23-25-13-7-4-8-14-25/h4-18,26,29-30,32H,19-24H2,1-3H3/t26-,29-,30-/m0/s1. The van der Waals surface area contributed by atoms with Crippen LogP contribution in [0.15, 0.2) is 91.0 Å². The molecule has 1 heterocycles.